The fourth-order valence-electron chi connectivity index (χ4n) is 0.964. The van der Waals surface area contributed by atoms with Crippen molar-refractivity contribution in [2.75, 3.05) is 5.32 Å². The first-order valence-electron chi connectivity index (χ1n) is 4.37. The van der Waals surface area contributed by atoms with Crippen molar-refractivity contribution in [1.82, 2.24) is 0 Å². The Morgan fingerprint density at radius 3 is 2.53 bits per heavy atom. The first-order valence-corrected chi connectivity index (χ1v) is 4.37. The molecular formula is C11H11N3O. The van der Waals surface area contributed by atoms with Crippen molar-refractivity contribution in [2.24, 2.45) is 5.73 Å². The van der Waals surface area contributed by atoms with Crippen LogP contribution in [0.15, 0.2) is 36.0 Å². The van der Waals surface area contributed by atoms with Gasteiger partial charge >= 0.3 is 0 Å². The van der Waals surface area contributed by atoms with Crippen molar-refractivity contribution >= 4 is 11.6 Å². The third-order valence-electron chi connectivity index (χ3n) is 1.82. The number of anilines is 1. The molecule has 0 aromatic heterocycles. The maximum Gasteiger partial charge on any atom is 0.260 e. The molecule has 0 unspecified atom stereocenters. The Bertz CT molecular complexity index is 426. The minimum atomic E-state index is -0.739. The minimum Gasteiger partial charge on any atom is -0.365 e. The lowest BCUT2D eigenvalue weighted by Crippen LogP contribution is -2.13. The molecule has 4 heteroatoms. The number of hydrogen-bond acceptors (Lipinski definition) is 3. The summed E-state index contributed by atoms with van der Waals surface area (Å²) in [5.41, 5.74) is 6.80. The Morgan fingerprint density at radius 2 is 2.07 bits per heavy atom. The van der Waals surface area contributed by atoms with Gasteiger partial charge in [-0.1, -0.05) is 17.7 Å². The number of nitriles is 1. The van der Waals surface area contributed by atoms with Crippen molar-refractivity contribution in [1.29, 1.82) is 5.26 Å². The molecule has 15 heavy (non-hydrogen) atoms. The minimum absolute atomic E-state index is 0.101. The van der Waals surface area contributed by atoms with Crippen LogP contribution in [0.1, 0.15) is 5.56 Å². The fourth-order valence-corrected chi connectivity index (χ4v) is 0.964. The molecule has 0 saturated heterocycles. The van der Waals surface area contributed by atoms with E-state index in [1.165, 1.54) is 6.20 Å². The number of nitrogens with zero attached hydrogens (tertiary/aromatic N) is 1. The SMILES string of the molecule is Cc1ccc(N/C=C(\C#N)C(N)=O)cc1. The monoisotopic (exact) mass is 201 g/mol. The molecule has 1 rings (SSSR count). The molecule has 0 heterocycles. The molecule has 0 spiro atoms. The summed E-state index contributed by atoms with van der Waals surface area (Å²) in [5, 5.41) is 11.4. The molecule has 0 atom stereocenters. The Labute approximate surface area is 88.0 Å². The number of nitrogens with two attached hydrogens (primary N) is 1. The van der Waals surface area contributed by atoms with E-state index in [2.05, 4.69) is 5.32 Å². The quantitative estimate of drug-likeness (QED) is 0.571. The van der Waals surface area contributed by atoms with E-state index in [4.69, 9.17) is 11.0 Å². The van der Waals surface area contributed by atoms with Gasteiger partial charge in [0.05, 0.1) is 0 Å². The standard InChI is InChI=1S/C11H11N3O/c1-8-2-4-10(5-3-8)14-7-9(6-12)11(13)15/h2-5,7,14H,1H3,(H2,13,15)/b9-7+. The summed E-state index contributed by atoms with van der Waals surface area (Å²) >= 11 is 0. The van der Waals surface area contributed by atoms with Gasteiger partial charge < -0.3 is 11.1 Å². The van der Waals surface area contributed by atoms with Crippen LogP contribution in [0.3, 0.4) is 0 Å². The summed E-state index contributed by atoms with van der Waals surface area (Å²) in [6.45, 7) is 1.98. The summed E-state index contributed by atoms with van der Waals surface area (Å²) in [6, 6.07) is 9.25. The van der Waals surface area contributed by atoms with Gasteiger partial charge in [-0.3, -0.25) is 4.79 Å². The summed E-state index contributed by atoms with van der Waals surface area (Å²) in [4.78, 5) is 10.7. The van der Waals surface area contributed by atoms with E-state index in [9.17, 15) is 4.79 Å². The van der Waals surface area contributed by atoms with Crippen LogP contribution in [0.2, 0.25) is 0 Å². The van der Waals surface area contributed by atoms with E-state index in [0.29, 0.717) is 0 Å². The number of carbonyl (C=O) groups excluding carboxylic acids is 1. The second kappa shape index (κ2) is 4.82. The Hall–Kier alpha value is -2.28. The summed E-state index contributed by atoms with van der Waals surface area (Å²) in [7, 11) is 0. The number of hydrogen-bond donors (Lipinski definition) is 2. The maximum absolute atomic E-state index is 10.7. The number of aryl methyl sites for hydroxylation is 1. The molecule has 76 valence electrons. The van der Waals surface area contributed by atoms with Crippen LogP contribution < -0.4 is 11.1 Å². The van der Waals surface area contributed by atoms with E-state index in [-0.39, 0.29) is 5.57 Å². The van der Waals surface area contributed by atoms with Crippen molar-refractivity contribution in [3.63, 3.8) is 0 Å². The molecule has 0 aliphatic heterocycles. The van der Waals surface area contributed by atoms with Gasteiger partial charge in [-0.2, -0.15) is 5.26 Å². The van der Waals surface area contributed by atoms with Crippen LogP contribution in [0.25, 0.3) is 0 Å². The predicted octanol–water partition coefficient (Wildman–Crippen LogP) is 1.30. The van der Waals surface area contributed by atoms with Gasteiger partial charge in [0.25, 0.3) is 5.91 Å². The van der Waals surface area contributed by atoms with Crippen LogP contribution in [-0.2, 0) is 4.79 Å². The van der Waals surface area contributed by atoms with E-state index >= 15 is 0 Å². The first kappa shape index (κ1) is 10.8. The van der Waals surface area contributed by atoms with Crippen LogP contribution in [0, 0.1) is 18.3 Å². The molecule has 1 amide bonds. The lowest BCUT2D eigenvalue weighted by Gasteiger charge is -2.01. The maximum atomic E-state index is 10.7. The zero-order valence-corrected chi connectivity index (χ0v) is 8.32. The summed E-state index contributed by atoms with van der Waals surface area (Å²) in [6.07, 6.45) is 1.30. The average molecular weight is 201 g/mol. The lowest BCUT2D eigenvalue weighted by molar-refractivity contribution is -0.114. The predicted molar refractivity (Wildman–Crippen MR) is 57.7 cm³/mol. The molecule has 0 bridgehead atoms. The van der Waals surface area contributed by atoms with Crippen LogP contribution in [-0.4, -0.2) is 5.91 Å². The largest absolute Gasteiger partial charge is 0.365 e. The highest BCUT2D eigenvalue weighted by atomic mass is 16.1. The molecule has 1 aromatic carbocycles. The molecular weight excluding hydrogens is 190 g/mol. The Kier molecular flexibility index (Phi) is 3.47. The van der Waals surface area contributed by atoms with Gasteiger partial charge in [0.1, 0.15) is 11.6 Å². The Morgan fingerprint density at radius 1 is 1.47 bits per heavy atom. The average Bonchev–Trinajstić information content (AvgIpc) is 2.21. The van der Waals surface area contributed by atoms with Gasteiger partial charge in [0.15, 0.2) is 0 Å². The van der Waals surface area contributed by atoms with Crippen molar-refractivity contribution in [2.45, 2.75) is 6.92 Å². The molecule has 0 aliphatic rings. The van der Waals surface area contributed by atoms with E-state index < -0.39 is 5.91 Å². The Balaban J connectivity index is 2.76. The molecule has 0 fully saturated rings. The van der Waals surface area contributed by atoms with Crippen molar-refractivity contribution in [3.8, 4) is 6.07 Å². The van der Waals surface area contributed by atoms with E-state index in [0.717, 1.165) is 11.3 Å². The smallest absolute Gasteiger partial charge is 0.260 e. The molecule has 4 nitrogen and oxygen atoms in total. The van der Waals surface area contributed by atoms with Crippen molar-refractivity contribution < 1.29 is 4.79 Å². The zero-order valence-electron chi connectivity index (χ0n) is 8.32. The summed E-state index contributed by atoms with van der Waals surface area (Å²) < 4.78 is 0. The van der Waals surface area contributed by atoms with Crippen LogP contribution >= 0.6 is 0 Å². The number of rotatable bonds is 3. The molecule has 1 aromatic rings. The van der Waals surface area contributed by atoms with E-state index in [1.54, 1.807) is 6.07 Å². The topological polar surface area (TPSA) is 78.9 Å². The molecule has 0 radical (unpaired) electrons. The van der Waals surface area contributed by atoms with Gasteiger partial charge in [0, 0.05) is 11.9 Å². The molecule has 0 aliphatic carbocycles. The number of amides is 1. The highest BCUT2D eigenvalue weighted by molar-refractivity contribution is 5.96. The third-order valence-corrected chi connectivity index (χ3v) is 1.82. The third kappa shape index (κ3) is 3.16. The van der Waals surface area contributed by atoms with Crippen molar-refractivity contribution in [3.05, 3.63) is 41.6 Å². The number of benzene rings is 1. The molecule has 3 N–H and O–H groups in total. The zero-order chi connectivity index (χ0) is 11.3. The van der Waals surface area contributed by atoms with Crippen LogP contribution in [0.4, 0.5) is 5.69 Å². The number of nitrogens with one attached hydrogen (secondary N) is 1. The highest BCUT2D eigenvalue weighted by Gasteiger charge is 2.01. The van der Waals surface area contributed by atoms with Gasteiger partial charge in [-0.15, -0.1) is 0 Å². The number of carbonyl (C=O) groups is 1. The second-order valence-corrected chi connectivity index (χ2v) is 3.04. The van der Waals surface area contributed by atoms with Crippen LogP contribution in [0.5, 0.6) is 0 Å². The molecule has 0 saturated carbocycles. The lowest BCUT2D eigenvalue weighted by atomic mass is 10.2. The summed E-state index contributed by atoms with van der Waals surface area (Å²) in [5.74, 6) is -0.739. The second-order valence-electron chi connectivity index (χ2n) is 3.04. The fraction of sp³-hybridized carbons (Fsp3) is 0.0909. The first-order chi connectivity index (χ1) is 7.13. The van der Waals surface area contributed by atoms with E-state index in [1.807, 2.05) is 31.2 Å². The van der Waals surface area contributed by atoms with Gasteiger partial charge in [-0.25, -0.2) is 0 Å². The van der Waals surface area contributed by atoms with Gasteiger partial charge in [0.2, 0.25) is 0 Å². The normalized spacial score (nSPS) is 10.5. The number of primary amides is 1. The highest BCUT2D eigenvalue weighted by Crippen LogP contribution is 2.08. The van der Waals surface area contributed by atoms with Gasteiger partial charge in [-0.05, 0) is 19.1 Å².